The van der Waals surface area contributed by atoms with E-state index in [2.05, 4.69) is 10.2 Å². The highest BCUT2D eigenvalue weighted by atomic mass is 16.5. The topological polar surface area (TPSA) is 59.9 Å². The Bertz CT molecular complexity index is 835. The van der Waals surface area contributed by atoms with Gasteiger partial charge in [-0.25, -0.2) is 14.5 Å². The molecule has 3 rings (SSSR count). The second kappa shape index (κ2) is 5.89. The van der Waals surface area contributed by atoms with Gasteiger partial charge in [-0.05, 0) is 30.2 Å². The van der Waals surface area contributed by atoms with Crippen LogP contribution in [0.2, 0.25) is 0 Å². The monoisotopic (exact) mass is 295 g/mol. The minimum Gasteiger partial charge on any atom is -0.495 e. The summed E-state index contributed by atoms with van der Waals surface area (Å²) in [7, 11) is 1.59. The van der Waals surface area contributed by atoms with Crippen LogP contribution in [0.4, 0.5) is 0 Å². The summed E-state index contributed by atoms with van der Waals surface area (Å²) in [6, 6.07) is 15.7. The van der Waals surface area contributed by atoms with E-state index in [9.17, 15) is 4.79 Å². The molecule has 0 radical (unpaired) electrons. The van der Waals surface area contributed by atoms with Crippen molar-refractivity contribution >= 4 is 0 Å². The highest BCUT2D eigenvalue weighted by molar-refractivity contribution is 5.49. The standard InChI is InChI=1S/C17H17N3O2/c1-12-8-9-15(22-2)14(10-12)20-16(18-19-17(20)21)11-13-6-4-3-5-7-13/h3-10H,11H2,1-2H3,(H,19,21). The molecule has 0 saturated heterocycles. The number of ether oxygens (including phenoxy) is 1. The molecule has 1 N–H and O–H groups in total. The summed E-state index contributed by atoms with van der Waals surface area (Å²) in [5, 5.41) is 6.69. The maximum absolute atomic E-state index is 12.2. The predicted octanol–water partition coefficient (Wildman–Crippen LogP) is 2.47. The molecular formula is C17H17N3O2. The second-order valence-electron chi connectivity index (χ2n) is 5.12. The van der Waals surface area contributed by atoms with Gasteiger partial charge < -0.3 is 4.74 Å². The van der Waals surface area contributed by atoms with Crippen molar-refractivity contribution in [2.45, 2.75) is 13.3 Å². The molecule has 112 valence electrons. The van der Waals surface area contributed by atoms with Gasteiger partial charge in [0.25, 0.3) is 0 Å². The average molecular weight is 295 g/mol. The lowest BCUT2D eigenvalue weighted by Gasteiger charge is -2.11. The summed E-state index contributed by atoms with van der Waals surface area (Å²) in [5.41, 5.74) is 2.57. The van der Waals surface area contributed by atoms with Gasteiger partial charge in [-0.3, -0.25) is 0 Å². The van der Waals surface area contributed by atoms with Crippen LogP contribution in [-0.2, 0) is 6.42 Å². The zero-order valence-corrected chi connectivity index (χ0v) is 12.5. The second-order valence-corrected chi connectivity index (χ2v) is 5.12. The molecule has 5 nitrogen and oxygen atoms in total. The molecule has 0 unspecified atom stereocenters. The summed E-state index contributed by atoms with van der Waals surface area (Å²) in [5.74, 6) is 1.29. The highest BCUT2D eigenvalue weighted by Crippen LogP contribution is 2.24. The number of aryl methyl sites for hydroxylation is 1. The van der Waals surface area contributed by atoms with E-state index >= 15 is 0 Å². The Morgan fingerprint density at radius 3 is 2.68 bits per heavy atom. The largest absolute Gasteiger partial charge is 0.495 e. The molecule has 0 atom stereocenters. The minimum absolute atomic E-state index is 0.269. The fraction of sp³-hybridized carbons (Fsp3) is 0.176. The van der Waals surface area contributed by atoms with Gasteiger partial charge in [-0.15, -0.1) is 0 Å². The van der Waals surface area contributed by atoms with Crippen LogP contribution in [0.3, 0.4) is 0 Å². The van der Waals surface area contributed by atoms with Crippen LogP contribution in [-0.4, -0.2) is 21.9 Å². The van der Waals surface area contributed by atoms with Crippen LogP contribution in [0.5, 0.6) is 5.75 Å². The number of hydrogen-bond donors (Lipinski definition) is 1. The summed E-state index contributed by atoms with van der Waals surface area (Å²) >= 11 is 0. The van der Waals surface area contributed by atoms with Crippen molar-refractivity contribution < 1.29 is 4.74 Å². The first-order valence-corrected chi connectivity index (χ1v) is 7.04. The van der Waals surface area contributed by atoms with Crippen molar-refractivity contribution in [3.05, 3.63) is 76.0 Å². The highest BCUT2D eigenvalue weighted by Gasteiger charge is 2.15. The number of rotatable bonds is 4. The molecule has 0 aliphatic carbocycles. The zero-order chi connectivity index (χ0) is 15.5. The maximum Gasteiger partial charge on any atom is 0.348 e. The van der Waals surface area contributed by atoms with Crippen molar-refractivity contribution in [3.63, 3.8) is 0 Å². The molecule has 1 heterocycles. The number of benzene rings is 2. The first kappa shape index (κ1) is 14.1. The summed E-state index contributed by atoms with van der Waals surface area (Å²) < 4.78 is 6.95. The third-order valence-electron chi connectivity index (χ3n) is 3.52. The fourth-order valence-corrected chi connectivity index (χ4v) is 2.45. The first-order valence-electron chi connectivity index (χ1n) is 7.04. The van der Waals surface area contributed by atoms with E-state index < -0.39 is 0 Å². The Balaban J connectivity index is 2.10. The Labute approximate surface area is 128 Å². The smallest absolute Gasteiger partial charge is 0.348 e. The molecule has 22 heavy (non-hydrogen) atoms. The zero-order valence-electron chi connectivity index (χ0n) is 12.5. The van der Waals surface area contributed by atoms with Crippen LogP contribution in [0, 0.1) is 6.92 Å². The van der Waals surface area contributed by atoms with Crippen LogP contribution in [0.15, 0.2) is 53.3 Å². The van der Waals surface area contributed by atoms with E-state index in [0.717, 1.165) is 11.1 Å². The Morgan fingerprint density at radius 1 is 1.18 bits per heavy atom. The number of nitrogens with zero attached hydrogens (tertiary/aromatic N) is 2. The maximum atomic E-state index is 12.2. The third-order valence-corrected chi connectivity index (χ3v) is 3.52. The average Bonchev–Trinajstić information content (AvgIpc) is 2.89. The van der Waals surface area contributed by atoms with Gasteiger partial charge >= 0.3 is 5.69 Å². The van der Waals surface area contributed by atoms with Crippen LogP contribution < -0.4 is 10.4 Å². The molecule has 0 aliphatic heterocycles. The normalized spacial score (nSPS) is 10.6. The number of hydrogen-bond acceptors (Lipinski definition) is 3. The summed E-state index contributed by atoms with van der Waals surface area (Å²) in [6.45, 7) is 1.98. The van der Waals surface area contributed by atoms with Crippen molar-refractivity contribution in [2.75, 3.05) is 7.11 Å². The Morgan fingerprint density at radius 2 is 1.95 bits per heavy atom. The third kappa shape index (κ3) is 2.65. The molecular weight excluding hydrogens is 278 g/mol. The number of nitrogens with one attached hydrogen (secondary N) is 1. The molecule has 5 heteroatoms. The number of aromatic nitrogens is 3. The predicted molar refractivity (Wildman–Crippen MR) is 84.7 cm³/mol. The molecule has 1 aromatic heterocycles. The van der Waals surface area contributed by atoms with Gasteiger partial charge in [-0.1, -0.05) is 36.4 Å². The van der Waals surface area contributed by atoms with Crippen LogP contribution >= 0.6 is 0 Å². The first-order chi connectivity index (χ1) is 10.7. The number of methoxy groups -OCH3 is 1. The molecule has 0 amide bonds. The molecule has 0 fully saturated rings. The number of aromatic amines is 1. The van der Waals surface area contributed by atoms with E-state index in [4.69, 9.17) is 4.74 Å². The van der Waals surface area contributed by atoms with E-state index in [1.807, 2.05) is 55.5 Å². The quantitative estimate of drug-likeness (QED) is 0.804. The fourth-order valence-electron chi connectivity index (χ4n) is 2.45. The van der Waals surface area contributed by atoms with Gasteiger partial charge in [-0.2, -0.15) is 5.10 Å². The molecule has 0 saturated carbocycles. The van der Waals surface area contributed by atoms with E-state index in [1.54, 1.807) is 11.7 Å². The van der Waals surface area contributed by atoms with Crippen molar-refractivity contribution in [3.8, 4) is 11.4 Å². The lowest BCUT2D eigenvalue weighted by atomic mass is 10.1. The van der Waals surface area contributed by atoms with E-state index in [1.165, 1.54) is 0 Å². The van der Waals surface area contributed by atoms with Crippen LogP contribution in [0.25, 0.3) is 5.69 Å². The van der Waals surface area contributed by atoms with Crippen molar-refractivity contribution in [1.29, 1.82) is 0 Å². The van der Waals surface area contributed by atoms with Crippen molar-refractivity contribution in [2.24, 2.45) is 0 Å². The molecule has 3 aromatic rings. The van der Waals surface area contributed by atoms with Gasteiger partial charge in [0.1, 0.15) is 11.6 Å². The molecule has 0 bridgehead atoms. The molecule has 2 aromatic carbocycles. The molecule has 0 aliphatic rings. The van der Waals surface area contributed by atoms with E-state index in [0.29, 0.717) is 23.7 Å². The lowest BCUT2D eigenvalue weighted by molar-refractivity contribution is 0.412. The van der Waals surface area contributed by atoms with Gasteiger partial charge in [0, 0.05) is 6.42 Å². The van der Waals surface area contributed by atoms with Crippen LogP contribution in [0.1, 0.15) is 17.0 Å². The van der Waals surface area contributed by atoms with E-state index in [-0.39, 0.29) is 5.69 Å². The van der Waals surface area contributed by atoms with Gasteiger partial charge in [0.05, 0.1) is 12.8 Å². The Hall–Kier alpha value is -2.82. The summed E-state index contributed by atoms with van der Waals surface area (Å²) in [4.78, 5) is 12.2. The van der Waals surface area contributed by atoms with Crippen molar-refractivity contribution in [1.82, 2.24) is 14.8 Å². The van der Waals surface area contributed by atoms with Gasteiger partial charge in [0.15, 0.2) is 0 Å². The SMILES string of the molecule is COc1ccc(C)cc1-n1c(Cc2ccccc2)n[nH]c1=O. The minimum atomic E-state index is -0.269. The molecule has 0 spiro atoms. The lowest BCUT2D eigenvalue weighted by Crippen LogP contribution is -2.18. The number of H-pyrrole nitrogens is 1. The summed E-state index contributed by atoms with van der Waals surface area (Å²) in [6.07, 6.45) is 0.566. The Kier molecular flexibility index (Phi) is 3.78. The van der Waals surface area contributed by atoms with Gasteiger partial charge in [0.2, 0.25) is 0 Å².